The number of urea groups is 1. The summed E-state index contributed by atoms with van der Waals surface area (Å²) in [6.45, 7) is 1.06. The molecule has 0 radical (unpaired) electrons. The van der Waals surface area contributed by atoms with Crippen molar-refractivity contribution in [2.75, 3.05) is 30.4 Å². The molecule has 6 heteroatoms. The lowest BCUT2D eigenvalue weighted by Crippen LogP contribution is -2.34. The number of benzene rings is 2. The molecule has 0 aliphatic carbocycles. The van der Waals surface area contributed by atoms with Crippen molar-refractivity contribution in [3.8, 4) is 5.75 Å². The number of carbonyl (C=O) groups excluding carboxylic acids is 2. The fourth-order valence-electron chi connectivity index (χ4n) is 2.89. The Morgan fingerprint density at radius 1 is 1.20 bits per heavy atom. The third-order valence-electron chi connectivity index (χ3n) is 4.15. The van der Waals surface area contributed by atoms with E-state index in [0.29, 0.717) is 30.9 Å². The fraction of sp³-hybridized carbons (Fsp3) is 0.263. The molecule has 1 aliphatic heterocycles. The zero-order valence-electron chi connectivity index (χ0n) is 14.1. The zero-order chi connectivity index (χ0) is 17.6. The molecule has 6 nitrogen and oxygen atoms in total. The summed E-state index contributed by atoms with van der Waals surface area (Å²) in [5.74, 6) is 0.868. The highest BCUT2D eigenvalue weighted by molar-refractivity contribution is 5.96. The van der Waals surface area contributed by atoms with Crippen molar-refractivity contribution in [3.05, 3.63) is 54.6 Å². The quantitative estimate of drug-likeness (QED) is 0.880. The number of nitrogens with zero attached hydrogens (tertiary/aromatic N) is 1. The molecule has 1 unspecified atom stereocenters. The van der Waals surface area contributed by atoms with E-state index < -0.39 is 0 Å². The van der Waals surface area contributed by atoms with E-state index >= 15 is 0 Å². The Morgan fingerprint density at radius 2 is 2.00 bits per heavy atom. The third-order valence-corrected chi connectivity index (χ3v) is 4.15. The second-order valence-electron chi connectivity index (χ2n) is 5.98. The van der Waals surface area contributed by atoms with E-state index in [4.69, 9.17) is 4.74 Å². The number of hydrogen-bond donors (Lipinski definition) is 2. The van der Waals surface area contributed by atoms with Crippen LogP contribution in [0.1, 0.15) is 6.42 Å². The van der Waals surface area contributed by atoms with Gasteiger partial charge in [-0.05, 0) is 24.3 Å². The topological polar surface area (TPSA) is 70.7 Å². The highest BCUT2D eigenvalue weighted by Gasteiger charge is 2.30. The molecule has 3 rings (SSSR count). The molecule has 0 spiro atoms. The molecule has 0 bridgehead atoms. The fourth-order valence-corrected chi connectivity index (χ4v) is 2.89. The predicted molar refractivity (Wildman–Crippen MR) is 96.9 cm³/mol. The molecule has 1 saturated heterocycles. The minimum atomic E-state index is -0.293. The van der Waals surface area contributed by atoms with Crippen molar-refractivity contribution in [1.82, 2.24) is 5.32 Å². The number of para-hydroxylation sites is 1. The van der Waals surface area contributed by atoms with Gasteiger partial charge in [-0.2, -0.15) is 0 Å². The molecule has 0 saturated carbocycles. The van der Waals surface area contributed by atoms with E-state index in [0.717, 1.165) is 5.69 Å². The number of nitrogens with one attached hydrogen (secondary N) is 2. The smallest absolute Gasteiger partial charge is 0.319 e. The second kappa shape index (κ2) is 7.70. The van der Waals surface area contributed by atoms with Crippen molar-refractivity contribution in [2.45, 2.75) is 6.42 Å². The number of amides is 3. The summed E-state index contributed by atoms with van der Waals surface area (Å²) in [7, 11) is 1.58. The van der Waals surface area contributed by atoms with Crippen LogP contribution < -0.4 is 20.3 Å². The van der Waals surface area contributed by atoms with Crippen LogP contribution in [0.3, 0.4) is 0 Å². The van der Waals surface area contributed by atoms with E-state index in [1.54, 1.807) is 24.1 Å². The predicted octanol–water partition coefficient (Wildman–Crippen LogP) is 2.87. The molecule has 1 fully saturated rings. The monoisotopic (exact) mass is 339 g/mol. The summed E-state index contributed by atoms with van der Waals surface area (Å²) in [6, 6.07) is 16.4. The van der Waals surface area contributed by atoms with E-state index in [9.17, 15) is 9.59 Å². The highest BCUT2D eigenvalue weighted by Crippen LogP contribution is 2.24. The average Bonchev–Trinajstić information content (AvgIpc) is 3.01. The average molecular weight is 339 g/mol. The van der Waals surface area contributed by atoms with Gasteiger partial charge >= 0.3 is 6.03 Å². The van der Waals surface area contributed by atoms with Crippen molar-refractivity contribution in [3.63, 3.8) is 0 Å². The molecule has 2 N–H and O–H groups in total. The van der Waals surface area contributed by atoms with E-state index in [1.165, 1.54) is 0 Å². The molecule has 1 heterocycles. The van der Waals surface area contributed by atoms with E-state index in [2.05, 4.69) is 10.6 Å². The molecule has 25 heavy (non-hydrogen) atoms. The number of hydrogen-bond acceptors (Lipinski definition) is 3. The van der Waals surface area contributed by atoms with Crippen LogP contribution >= 0.6 is 0 Å². The Labute approximate surface area is 146 Å². The number of ether oxygens (including phenoxy) is 1. The van der Waals surface area contributed by atoms with E-state index in [-0.39, 0.29) is 17.9 Å². The molecule has 2 aromatic carbocycles. The van der Waals surface area contributed by atoms with Gasteiger partial charge in [0.15, 0.2) is 0 Å². The first-order valence-corrected chi connectivity index (χ1v) is 8.20. The summed E-state index contributed by atoms with van der Waals surface area (Å²) in [4.78, 5) is 26.0. The van der Waals surface area contributed by atoms with Crippen LogP contribution in [-0.2, 0) is 4.79 Å². The van der Waals surface area contributed by atoms with Crippen LogP contribution in [0.25, 0.3) is 0 Å². The lowest BCUT2D eigenvalue weighted by molar-refractivity contribution is -0.117. The number of rotatable bonds is 5. The molecular weight excluding hydrogens is 318 g/mol. The lowest BCUT2D eigenvalue weighted by Gasteiger charge is -2.17. The van der Waals surface area contributed by atoms with Crippen molar-refractivity contribution < 1.29 is 14.3 Å². The van der Waals surface area contributed by atoms with Crippen molar-refractivity contribution in [2.24, 2.45) is 5.92 Å². The Hall–Kier alpha value is -3.02. The lowest BCUT2D eigenvalue weighted by atomic mass is 10.1. The largest absolute Gasteiger partial charge is 0.497 e. The Kier molecular flexibility index (Phi) is 5.18. The number of anilines is 2. The van der Waals surface area contributed by atoms with Crippen molar-refractivity contribution >= 4 is 23.3 Å². The Bertz CT molecular complexity index is 749. The molecular formula is C19H21N3O3. The minimum absolute atomic E-state index is 0.0891. The van der Waals surface area contributed by atoms with Gasteiger partial charge in [-0.1, -0.05) is 24.3 Å². The van der Waals surface area contributed by atoms with Crippen LogP contribution in [0, 0.1) is 5.92 Å². The van der Waals surface area contributed by atoms with Gasteiger partial charge in [0.05, 0.1) is 7.11 Å². The highest BCUT2D eigenvalue weighted by atomic mass is 16.5. The summed E-state index contributed by atoms with van der Waals surface area (Å²) >= 11 is 0. The minimum Gasteiger partial charge on any atom is -0.497 e. The summed E-state index contributed by atoms with van der Waals surface area (Å²) in [6.07, 6.45) is 0.439. The molecule has 1 atom stereocenters. The maximum atomic E-state index is 12.2. The first kappa shape index (κ1) is 16.8. The van der Waals surface area contributed by atoms with Gasteiger partial charge in [-0.3, -0.25) is 4.79 Å². The van der Waals surface area contributed by atoms with Crippen LogP contribution in [0.5, 0.6) is 5.75 Å². The van der Waals surface area contributed by atoms with Crippen LogP contribution in [0.2, 0.25) is 0 Å². The van der Waals surface area contributed by atoms with E-state index in [1.807, 2.05) is 42.5 Å². The third kappa shape index (κ3) is 4.29. The molecule has 3 amide bonds. The molecule has 2 aromatic rings. The Balaban J connectivity index is 1.50. The number of carbonyl (C=O) groups is 2. The first-order valence-electron chi connectivity index (χ1n) is 8.20. The van der Waals surface area contributed by atoms with Gasteiger partial charge in [0.2, 0.25) is 5.91 Å². The summed E-state index contributed by atoms with van der Waals surface area (Å²) < 4.78 is 5.13. The van der Waals surface area contributed by atoms with Crippen LogP contribution in [0.15, 0.2) is 54.6 Å². The van der Waals surface area contributed by atoms with Gasteiger partial charge in [-0.15, -0.1) is 0 Å². The summed E-state index contributed by atoms with van der Waals surface area (Å²) in [5, 5.41) is 5.60. The van der Waals surface area contributed by atoms with Gasteiger partial charge in [0, 0.05) is 42.9 Å². The summed E-state index contributed by atoms with van der Waals surface area (Å²) in [5.41, 5.74) is 1.56. The number of methoxy groups -OCH3 is 1. The standard InChI is InChI=1S/C19H21N3O3/c1-25-17-9-5-6-15(11-17)21-19(24)20-12-14-10-18(23)22(13-14)16-7-3-2-4-8-16/h2-9,11,14H,10,12-13H2,1H3,(H2,20,21,24). The van der Waals surface area contributed by atoms with Gasteiger partial charge < -0.3 is 20.3 Å². The maximum absolute atomic E-state index is 12.2. The normalized spacial score (nSPS) is 16.6. The SMILES string of the molecule is COc1cccc(NC(=O)NCC2CC(=O)N(c3ccccc3)C2)c1. The molecule has 130 valence electrons. The maximum Gasteiger partial charge on any atom is 0.319 e. The van der Waals surface area contributed by atoms with Crippen LogP contribution in [0.4, 0.5) is 16.2 Å². The first-order chi connectivity index (χ1) is 12.2. The second-order valence-corrected chi connectivity index (χ2v) is 5.98. The molecule has 0 aromatic heterocycles. The molecule has 1 aliphatic rings. The zero-order valence-corrected chi connectivity index (χ0v) is 14.1. The van der Waals surface area contributed by atoms with Gasteiger partial charge in [-0.25, -0.2) is 4.79 Å². The van der Waals surface area contributed by atoms with Gasteiger partial charge in [0.25, 0.3) is 0 Å². The van der Waals surface area contributed by atoms with Gasteiger partial charge in [0.1, 0.15) is 5.75 Å². The van der Waals surface area contributed by atoms with Crippen molar-refractivity contribution in [1.29, 1.82) is 0 Å². The van der Waals surface area contributed by atoms with Crippen LogP contribution in [-0.4, -0.2) is 32.1 Å². The Morgan fingerprint density at radius 3 is 2.76 bits per heavy atom.